The van der Waals surface area contributed by atoms with Gasteiger partial charge in [0.05, 0.1) is 0 Å². The van der Waals surface area contributed by atoms with Crippen molar-refractivity contribution in [2.75, 3.05) is 0 Å². The van der Waals surface area contributed by atoms with E-state index >= 15 is 0 Å². The summed E-state index contributed by atoms with van der Waals surface area (Å²) in [5.74, 6) is -0.850. The summed E-state index contributed by atoms with van der Waals surface area (Å²) in [7, 11) is 0. The average molecular weight is 213 g/mol. The van der Waals surface area contributed by atoms with Gasteiger partial charge in [-0.2, -0.15) is 0 Å². The number of aliphatic carboxylic acids is 1. The standard InChI is InChI=1S/C9H9ClN2O2/c10-8-2-1-5-4-11-7(9(13)14)3-6(5)12-8/h1-2,7,11H,3-4H2,(H,13,14). The number of hydrogen-bond acceptors (Lipinski definition) is 3. The molecule has 2 heterocycles. The van der Waals surface area contributed by atoms with Gasteiger partial charge in [0, 0.05) is 18.7 Å². The van der Waals surface area contributed by atoms with Gasteiger partial charge in [-0.15, -0.1) is 0 Å². The molecule has 14 heavy (non-hydrogen) atoms. The van der Waals surface area contributed by atoms with Crippen LogP contribution in [-0.4, -0.2) is 22.1 Å². The Morgan fingerprint density at radius 3 is 3.14 bits per heavy atom. The summed E-state index contributed by atoms with van der Waals surface area (Å²) in [6.45, 7) is 0.538. The fourth-order valence-electron chi connectivity index (χ4n) is 1.51. The lowest BCUT2D eigenvalue weighted by atomic mass is 10.0. The van der Waals surface area contributed by atoms with Gasteiger partial charge in [-0.1, -0.05) is 17.7 Å². The van der Waals surface area contributed by atoms with Gasteiger partial charge in [-0.3, -0.25) is 10.1 Å². The van der Waals surface area contributed by atoms with Crippen LogP contribution in [0.2, 0.25) is 5.15 Å². The second kappa shape index (κ2) is 3.55. The summed E-state index contributed by atoms with van der Waals surface area (Å²) in [5.41, 5.74) is 1.80. The third-order valence-electron chi connectivity index (χ3n) is 2.27. The molecule has 0 saturated carbocycles. The van der Waals surface area contributed by atoms with E-state index in [1.54, 1.807) is 6.07 Å². The monoisotopic (exact) mass is 212 g/mol. The Morgan fingerprint density at radius 2 is 2.43 bits per heavy atom. The van der Waals surface area contributed by atoms with Crippen LogP contribution in [0.3, 0.4) is 0 Å². The number of halogens is 1. The lowest BCUT2D eigenvalue weighted by Gasteiger charge is -2.21. The van der Waals surface area contributed by atoms with Crippen molar-refractivity contribution in [1.82, 2.24) is 10.3 Å². The molecule has 0 radical (unpaired) electrons. The summed E-state index contributed by atoms with van der Waals surface area (Å²) in [6, 6.07) is 3.03. The first-order valence-corrected chi connectivity index (χ1v) is 4.65. The van der Waals surface area contributed by atoms with Gasteiger partial charge in [0.25, 0.3) is 0 Å². The molecule has 1 aromatic rings. The molecule has 0 spiro atoms. The van der Waals surface area contributed by atoms with Crippen LogP contribution in [0.4, 0.5) is 0 Å². The van der Waals surface area contributed by atoms with Crippen molar-refractivity contribution in [3.05, 3.63) is 28.5 Å². The average Bonchev–Trinajstić information content (AvgIpc) is 2.16. The summed E-state index contributed by atoms with van der Waals surface area (Å²) in [5, 5.41) is 12.1. The number of nitrogens with zero attached hydrogens (tertiary/aromatic N) is 1. The smallest absolute Gasteiger partial charge is 0.321 e. The Morgan fingerprint density at radius 1 is 1.64 bits per heavy atom. The maximum absolute atomic E-state index is 10.7. The molecule has 5 heteroatoms. The molecule has 0 aromatic carbocycles. The van der Waals surface area contributed by atoms with E-state index in [4.69, 9.17) is 16.7 Å². The number of carboxylic acids is 1. The molecular formula is C9H9ClN2O2. The largest absolute Gasteiger partial charge is 0.480 e. The molecule has 1 aliphatic heterocycles. The molecule has 0 bridgehead atoms. The van der Waals surface area contributed by atoms with Crippen molar-refractivity contribution in [2.45, 2.75) is 19.0 Å². The minimum atomic E-state index is -0.850. The maximum Gasteiger partial charge on any atom is 0.321 e. The van der Waals surface area contributed by atoms with E-state index < -0.39 is 12.0 Å². The molecule has 1 aliphatic rings. The zero-order valence-electron chi connectivity index (χ0n) is 7.33. The predicted molar refractivity (Wildman–Crippen MR) is 51.2 cm³/mol. The normalized spacial score (nSPS) is 20.2. The highest BCUT2D eigenvalue weighted by Crippen LogP contribution is 2.17. The van der Waals surface area contributed by atoms with Crippen molar-refractivity contribution in [3.8, 4) is 0 Å². The van der Waals surface area contributed by atoms with Crippen molar-refractivity contribution in [1.29, 1.82) is 0 Å². The van der Waals surface area contributed by atoms with Crippen LogP contribution in [0.25, 0.3) is 0 Å². The topological polar surface area (TPSA) is 62.2 Å². The molecule has 0 aliphatic carbocycles. The Labute approximate surface area is 85.9 Å². The van der Waals surface area contributed by atoms with Gasteiger partial charge >= 0.3 is 5.97 Å². The van der Waals surface area contributed by atoms with Crippen LogP contribution in [0.1, 0.15) is 11.3 Å². The van der Waals surface area contributed by atoms with E-state index in [0.717, 1.165) is 11.3 Å². The Hall–Kier alpha value is -1.13. The summed E-state index contributed by atoms with van der Waals surface area (Å²) < 4.78 is 0. The highest BCUT2D eigenvalue weighted by Gasteiger charge is 2.24. The number of aromatic nitrogens is 1. The van der Waals surface area contributed by atoms with Crippen LogP contribution >= 0.6 is 11.6 Å². The van der Waals surface area contributed by atoms with Crippen LogP contribution < -0.4 is 5.32 Å². The van der Waals surface area contributed by atoms with Gasteiger partial charge < -0.3 is 5.11 Å². The summed E-state index contributed by atoms with van der Waals surface area (Å²) >= 11 is 5.72. The zero-order valence-corrected chi connectivity index (χ0v) is 8.08. The van der Waals surface area contributed by atoms with Crippen molar-refractivity contribution in [3.63, 3.8) is 0 Å². The first kappa shape index (κ1) is 9.43. The van der Waals surface area contributed by atoms with Gasteiger partial charge in [0.2, 0.25) is 0 Å². The molecule has 0 saturated heterocycles. The molecule has 1 unspecified atom stereocenters. The quantitative estimate of drug-likeness (QED) is 0.677. The number of hydrogen-bond donors (Lipinski definition) is 2. The molecule has 1 aromatic heterocycles. The fraction of sp³-hybridized carbons (Fsp3) is 0.333. The van der Waals surface area contributed by atoms with Gasteiger partial charge in [-0.05, 0) is 11.6 Å². The van der Waals surface area contributed by atoms with E-state index in [1.807, 2.05) is 6.07 Å². The Kier molecular flexibility index (Phi) is 2.39. The van der Waals surface area contributed by atoms with Crippen molar-refractivity contribution in [2.24, 2.45) is 0 Å². The van der Waals surface area contributed by atoms with Crippen LogP contribution in [0.5, 0.6) is 0 Å². The van der Waals surface area contributed by atoms with Gasteiger partial charge in [0.15, 0.2) is 0 Å². The molecular weight excluding hydrogens is 204 g/mol. The first-order valence-electron chi connectivity index (χ1n) is 4.27. The van der Waals surface area contributed by atoms with Crippen molar-refractivity contribution < 1.29 is 9.90 Å². The van der Waals surface area contributed by atoms with Crippen LogP contribution in [0.15, 0.2) is 12.1 Å². The number of pyridine rings is 1. The summed E-state index contributed by atoms with van der Waals surface area (Å²) in [6.07, 6.45) is 0.394. The first-order chi connectivity index (χ1) is 6.66. The van der Waals surface area contributed by atoms with Crippen molar-refractivity contribution >= 4 is 17.6 Å². The zero-order chi connectivity index (χ0) is 10.1. The second-order valence-corrected chi connectivity index (χ2v) is 3.60. The van der Waals surface area contributed by atoms with E-state index in [-0.39, 0.29) is 0 Å². The van der Waals surface area contributed by atoms with E-state index in [9.17, 15) is 4.79 Å². The minimum Gasteiger partial charge on any atom is -0.480 e. The molecule has 74 valence electrons. The molecule has 2 rings (SSSR count). The van der Waals surface area contributed by atoms with Crippen LogP contribution in [-0.2, 0) is 17.8 Å². The van der Waals surface area contributed by atoms with E-state index in [0.29, 0.717) is 18.1 Å². The Bertz CT molecular complexity index is 381. The van der Waals surface area contributed by atoms with E-state index in [2.05, 4.69) is 10.3 Å². The maximum atomic E-state index is 10.7. The lowest BCUT2D eigenvalue weighted by Crippen LogP contribution is -2.42. The number of carbonyl (C=O) groups is 1. The van der Waals surface area contributed by atoms with Gasteiger partial charge in [-0.25, -0.2) is 4.98 Å². The lowest BCUT2D eigenvalue weighted by molar-refractivity contribution is -0.139. The fourth-order valence-corrected chi connectivity index (χ4v) is 1.68. The number of carboxylic acid groups (broad SMARTS) is 1. The predicted octanol–water partition coefficient (Wildman–Crippen LogP) is 0.834. The van der Waals surface area contributed by atoms with E-state index in [1.165, 1.54) is 0 Å². The van der Waals surface area contributed by atoms with Crippen LogP contribution in [0, 0.1) is 0 Å². The minimum absolute atomic E-state index is 0.394. The third kappa shape index (κ3) is 1.71. The number of nitrogens with one attached hydrogen (secondary N) is 1. The number of rotatable bonds is 1. The molecule has 1 atom stereocenters. The third-order valence-corrected chi connectivity index (χ3v) is 2.48. The molecule has 2 N–H and O–H groups in total. The molecule has 0 fully saturated rings. The summed E-state index contributed by atoms with van der Waals surface area (Å²) in [4.78, 5) is 14.8. The SMILES string of the molecule is O=C(O)C1Cc2nc(Cl)ccc2CN1. The second-order valence-electron chi connectivity index (χ2n) is 3.22. The number of fused-ring (bicyclic) bond motifs is 1. The highest BCUT2D eigenvalue weighted by molar-refractivity contribution is 6.29. The molecule has 0 amide bonds. The molecule has 4 nitrogen and oxygen atoms in total. The van der Waals surface area contributed by atoms with Gasteiger partial charge in [0.1, 0.15) is 11.2 Å². The highest BCUT2D eigenvalue weighted by atomic mass is 35.5. The Balaban J connectivity index is 2.29.